The SMILES string of the molecule is Cc1ccc(CNCC(C)CC(=O)O)c(C)c1. The fourth-order valence-electron chi connectivity index (χ4n) is 1.87. The molecule has 0 spiro atoms. The van der Waals surface area contributed by atoms with Crippen LogP contribution in [0.25, 0.3) is 0 Å². The summed E-state index contributed by atoms with van der Waals surface area (Å²) in [6.07, 6.45) is 0.222. The quantitative estimate of drug-likeness (QED) is 0.796. The van der Waals surface area contributed by atoms with Gasteiger partial charge in [0.2, 0.25) is 0 Å². The van der Waals surface area contributed by atoms with Gasteiger partial charge in [0, 0.05) is 13.0 Å². The number of benzene rings is 1. The van der Waals surface area contributed by atoms with Crippen molar-refractivity contribution in [3.8, 4) is 0 Å². The Labute approximate surface area is 103 Å². The number of carbonyl (C=O) groups is 1. The Balaban J connectivity index is 2.38. The van der Waals surface area contributed by atoms with Gasteiger partial charge in [0.1, 0.15) is 0 Å². The first kappa shape index (κ1) is 13.7. The second-order valence-electron chi connectivity index (χ2n) is 4.76. The standard InChI is InChI=1S/C14H21NO2/c1-10-4-5-13(12(3)6-10)9-15-8-11(2)7-14(16)17/h4-6,11,15H,7-9H2,1-3H3,(H,16,17). The highest BCUT2D eigenvalue weighted by Crippen LogP contribution is 2.10. The minimum Gasteiger partial charge on any atom is -0.481 e. The van der Waals surface area contributed by atoms with Gasteiger partial charge >= 0.3 is 5.97 Å². The van der Waals surface area contributed by atoms with Crippen LogP contribution in [0, 0.1) is 19.8 Å². The first-order valence-electron chi connectivity index (χ1n) is 5.97. The van der Waals surface area contributed by atoms with Gasteiger partial charge in [-0.2, -0.15) is 0 Å². The average molecular weight is 235 g/mol. The maximum atomic E-state index is 10.5. The van der Waals surface area contributed by atoms with Gasteiger partial charge < -0.3 is 10.4 Å². The van der Waals surface area contributed by atoms with E-state index in [1.54, 1.807) is 0 Å². The van der Waals surface area contributed by atoms with E-state index < -0.39 is 5.97 Å². The molecular weight excluding hydrogens is 214 g/mol. The summed E-state index contributed by atoms with van der Waals surface area (Å²) < 4.78 is 0. The first-order chi connectivity index (χ1) is 7.99. The summed E-state index contributed by atoms with van der Waals surface area (Å²) >= 11 is 0. The van der Waals surface area contributed by atoms with E-state index in [0.29, 0.717) is 0 Å². The third kappa shape index (κ3) is 5.00. The number of aryl methyl sites for hydroxylation is 2. The summed E-state index contributed by atoms with van der Waals surface area (Å²) in [5, 5.41) is 12.0. The Hall–Kier alpha value is -1.35. The molecule has 0 radical (unpaired) electrons. The molecule has 0 aliphatic carbocycles. The molecule has 3 heteroatoms. The van der Waals surface area contributed by atoms with Gasteiger partial charge in [-0.05, 0) is 37.4 Å². The lowest BCUT2D eigenvalue weighted by atomic mass is 10.0. The maximum absolute atomic E-state index is 10.5. The molecule has 2 N–H and O–H groups in total. The van der Waals surface area contributed by atoms with Crippen LogP contribution in [-0.2, 0) is 11.3 Å². The Morgan fingerprint density at radius 2 is 2.12 bits per heavy atom. The van der Waals surface area contributed by atoms with Gasteiger partial charge in [-0.1, -0.05) is 30.7 Å². The Kier molecular flexibility index (Phi) is 5.16. The zero-order chi connectivity index (χ0) is 12.8. The van der Waals surface area contributed by atoms with E-state index in [2.05, 4.69) is 37.4 Å². The van der Waals surface area contributed by atoms with Crippen LogP contribution < -0.4 is 5.32 Å². The van der Waals surface area contributed by atoms with Crippen molar-refractivity contribution < 1.29 is 9.90 Å². The summed E-state index contributed by atoms with van der Waals surface area (Å²) in [6, 6.07) is 6.39. The molecule has 0 heterocycles. The lowest BCUT2D eigenvalue weighted by molar-refractivity contribution is -0.137. The number of nitrogens with one attached hydrogen (secondary N) is 1. The van der Waals surface area contributed by atoms with Crippen LogP contribution in [0.4, 0.5) is 0 Å². The minimum atomic E-state index is -0.731. The van der Waals surface area contributed by atoms with Crippen molar-refractivity contribution in [2.45, 2.75) is 33.7 Å². The number of hydrogen-bond donors (Lipinski definition) is 2. The highest BCUT2D eigenvalue weighted by atomic mass is 16.4. The molecule has 0 bridgehead atoms. The summed E-state index contributed by atoms with van der Waals surface area (Å²) in [6.45, 7) is 7.67. The van der Waals surface area contributed by atoms with Gasteiger partial charge in [-0.15, -0.1) is 0 Å². The van der Waals surface area contributed by atoms with Gasteiger partial charge in [0.15, 0.2) is 0 Å². The highest BCUT2D eigenvalue weighted by molar-refractivity contribution is 5.66. The Morgan fingerprint density at radius 1 is 1.41 bits per heavy atom. The van der Waals surface area contributed by atoms with Crippen molar-refractivity contribution in [3.63, 3.8) is 0 Å². The molecule has 0 saturated heterocycles. The molecule has 0 saturated carbocycles. The number of carboxylic acid groups (broad SMARTS) is 1. The molecule has 17 heavy (non-hydrogen) atoms. The zero-order valence-corrected chi connectivity index (χ0v) is 10.8. The molecule has 1 rings (SSSR count). The number of hydrogen-bond acceptors (Lipinski definition) is 2. The molecule has 1 aromatic rings. The molecule has 3 nitrogen and oxygen atoms in total. The van der Waals surface area contributed by atoms with E-state index in [1.807, 2.05) is 6.92 Å². The first-order valence-corrected chi connectivity index (χ1v) is 5.97. The largest absolute Gasteiger partial charge is 0.481 e. The minimum absolute atomic E-state index is 0.165. The monoisotopic (exact) mass is 235 g/mol. The van der Waals surface area contributed by atoms with Crippen molar-refractivity contribution in [2.24, 2.45) is 5.92 Å². The van der Waals surface area contributed by atoms with Crippen molar-refractivity contribution in [1.82, 2.24) is 5.32 Å². The summed E-state index contributed by atoms with van der Waals surface area (Å²) in [4.78, 5) is 10.5. The average Bonchev–Trinajstić information content (AvgIpc) is 2.20. The van der Waals surface area contributed by atoms with Crippen LogP contribution >= 0.6 is 0 Å². The predicted molar refractivity (Wildman–Crippen MR) is 69.0 cm³/mol. The smallest absolute Gasteiger partial charge is 0.303 e. The van der Waals surface area contributed by atoms with Crippen molar-refractivity contribution >= 4 is 5.97 Å². The fourth-order valence-corrected chi connectivity index (χ4v) is 1.87. The van der Waals surface area contributed by atoms with Crippen molar-refractivity contribution in [2.75, 3.05) is 6.54 Å². The number of carboxylic acids is 1. The topological polar surface area (TPSA) is 49.3 Å². The van der Waals surface area contributed by atoms with Crippen LogP contribution in [0.5, 0.6) is 0 Å². The number of aliphatic carboxylic acids is 1. The van der Waals surface area contributed by atoms with E-state index >= 15 is 0 Å². The van der Waals surface area contributed by atoms with Crippen LogP contribution in [0.3, 0.4) is 0 Å². The maximum Gasteiger partial charge on any atom is 0.303 e. The van der Waals surface area contributed by atoms with Crippen LogP contribution in [-0.4, -0.2) is 17.6 Å². The predicted octanol–water partition coefficient (Wildman–Crippen LogP) is 2.50. The third-order valence-electron chi connectivity index (χ3n) is 2.83. The lowest BCUT2D eigenvalue weighted by Gasteiger charge is -2.12. The van der Waals surface area contributed by atoms with Gasteiger partial charge in [0.25, 0.3) is 0 Å². The lowest BCUT2D eigenvalue weighted by Crippen LogP contribution is -2.22. The van der Waals surface area contributed by atoms with Crippen LogP contribution in [0.1, 0.15) is 30.0 Å². The summed E-state index contributed by atoms with van der Waals surface area (Å²) in [5.41, 5.74) is 3.83. The van der Waals surface area contributed by atoms with E-state index in [9.17, 15) is 4.79 Å². The van der Waals surface area contributed by atoms with Gasteiger partial charge in [0.05, 0.1) is 0 Å². The van der Waals surface area contributed by atoms with Crippen LogP contribution in [0.15, 0.2) is 18.2 Å². The molecule has 0 amide bonds. The molecule has 0 fully saturated rings. The van der Waals surface area contributed by atoms with E-state index in [0.717, 1.165) is 13.1 Å². The molecule has 0 aromatic heterocycles. The zero-order valence-electron chi connectivity index (χ0n) is 10.8. The second kappa shape index (κ2) is 6.40. The van der Waals surface area contributed by atoms with E-state index in [-0.39, 0.29) is 12.3 Å². The van der Waals surface area contributed by atoms with Gasteiger partial charge in [-0.3, -0.25) is 4.79 Å². The molecular formula is C14H21NO2. The summed E-state index contributed by atoms with van der Waals surface area (Å²) in [7, 11) is 0. The van der Waals surface area contributed by atoms with Gasteiger partial charge in [-0.25, -0.2) is 0 Å². The van der Waals surface area contributed by atoms with Crippen LogP contribution in [0.2, 0.25) is 0 Å². The van der Waals surface area contributed by atoms with E-state index in [1.165, 1.54) is 16.7 Å². The van der Waals surface area contributed by atoms with Crippen molar-refractivity contribution in [3.05, 3.63) is 34.9 Å². The third-order valence-corrected chi connectivity index (χ3v) is 2.83. The summed E-state index contributed by atoms with van der Waals surface area (Å²) in [5.74, 6) is -0.566. The highest BCUT2D eigenvalue weighted by Gasteiger charge is 2.07. The fraction of sp³-hybridized carbons (Fsp3) is 0.500. The Bertz CT molecular complexity index is 388. The second-order valence-corrected chi connectivity index (χ2v) is 4.76. The normalized spacial score (nSPS) is 12.4. The van der Waals surface area contributed by atoms with Crippen molar-refractivity contribution in [1.29, 1.82) is 0 Å². The molecule has 1 unspecified atom stereocenters. The molecule has 1 atom stereocenters. The number of rotatable bonds is 6. The molecule has 0 aliphatic heterocycles. The van der Waals surface area contributed by atoms with E-state index in [4.69, 9.17) is 5.11 Å². The Morgan fingerprint density at radius 3 is 2.71 bits per heavy atom. The molecule has 0 aliphatic rings. The molecule has 1 aromatic carbocycles. The molecule has 94 valence electrons.